The smallest absolute Gasteiger partial charge is 0.337 e. The third-order valence-corrected chi connectivity index (χ3v) is 2.68. The number of esters is 1. The van der Waals surface area contributed by atoms with Crippen LogP contribution in [0.25, 0.3) is 5.69 Å². The average molecular weight is 261 g/mol. The van der Waals surface area contributed by atoms with Crippen molar-refractivity contribution < 1.29 is 14.5 Å². The lowest BCUT2D eigenvalue weighted by atomic mass is 10.1. The second kappa shape index (κ2) is 4.89. The molecule has 0 fully saturated rings. The molecule has 1 aromatic carbocycles. The first-order valence-corrected chi connectivity index (χ1v) is 5.41. The number of hydrogen-bond acceptors (Lipinski definition) is 5. The van der Waals surface area contributed by atoms with E-state index in [0.717, 1.165) is 0 Å². The summed E-state index contributed by atoms with van der Waals surface area (Å²) in [6, 6.07) is 4.05. The van der Waals surface area contributed by atoms with Crippen molar-refractivity contribution in [3.63, 3.8) is 0 Å². The SMILES string of the molecule is COC(=O)c1ccc([N+](=O)[O-])c(-n2ccnc2C)c1. The third kappa shape index (κ3) is 2.30. The van der Waals surface area contributed by atoms with Crippen LogP contribution < -0.4 is 0 Å². The van der Waals surface area contributed by atoms with E-state index in [0.29, 0.717) is 5.82 Å². The summed E-state index contributed by atoms with van der Waals surface area (Å²) in [6.07, 6.45) is 3.13. The van der Waals surface area contributed by atoms with Gasteiger partial charge >= 0.3 is 5.97 Å². The highest BCUT2D eigenvalue weighted by Gasteiger charge is 2.19. The number of benzene rings is 1. The summed E-state index contributed by atoms with van der Waals surface area (Å²) in [6.45, 7) is 1.72. The van der Waals surface area contributed by atoms with E-state index in [2.05, 4.69) is 9.72 Å². The molecule has 1 heterocycles. The van der Waals surface area contributed by atoms with Gasteiger partial charge in [-0.2, -0.15) is 0 Å². The van der Waals surface area contributed by atoms with Gasteiger partial charge in [-0.3, -0.25) is 14.7 Å². The molecule has 0 amide bonds. The van der Waals surface area contributed by atoms with Crippen molar-refractivity contribution >= 4 is 11.7 Å². The first-order chi connectivity index (χ1) is 9.04. The number of nitro benzene ring substituents is 1. The molecule has 98 valence electrons. The summed E-state index contributed by atoms with van der Waals surface area (Å²) in [5, 5.41) is 11.0. The van der Waals surface area contributed by atoms with Crippen LogP contribution in [0.15, 0.2) is 30.6 Å². The van der Waals surface area contributed by atoms with Gasteiger partial charge in [-0.15, -0.1) is 0 Å². The molecule has 1 aromatic heterocycles. The van der Waals surface area contributed by atoms with E-state index in [-0.39, 0.29) is 16.9 Å². The molecule has 0 aliphatic heterocycles. The molecule has 0 radical (unpaired) electrons. The Hall–Kier alpha value is -2.70. The van der Waals surface area contributed by atoms with E-state index in [4.69, 9.17) is 0 Å². The molecule has 2 rings (SSSR count). The lowest BCUT2D eigenvalue weighted by molar-refractivity contribution is -0.384. The van der Waals surface area contributed by atoms with Crippen LogP contribution >= 0.6 is 0 Å². The number of ether oxygens (including phenoxy) is 1. The number of imidazole rings is 1. The molecule has 0 bridgehead atoms. The average Bonchev–Trinajstić information content (AvgIpc) is 2.83. The molecule has 0 spiro atoms. The summed E-state index contributed by atoms with van der Waals surface area (Å²) in [5.74, 6) is 0.0408. The number of rotatable bonds is 3. The Morgan fingerprint density at radius 3 is 2.74 bits per heavy atom. The maximum absolute atomic E-state index is 11.5. The fourth-order valence-electron chi connectivity index (χ4n) is 1.75. The number of hydrogen-bond donors (Lipinski definition) is 0. The molecule has 0 N–H and O–H groups in total. The maximum Gasteiger partial charge on any atom is 0.337 e. The zero-order valence-electron chi connectivity index (χ0n) is 10.4. The Morgan fingerprint density at radius 1 is 1.47 bits per heavy atom. The van der Waals surface area contributed by atoms with Crippen LogP contribution in [0.2, 0.25) is 0 Å². The number of aryl methyl sites for hydroxylation is 1. The van der Waals surface area contributed by atoms with Crippen molar-refractivity contribution in [2.45, 2.75) is 6.92 Å². The van der Waals surface area contributed by atoms with Gasteiger partial charge in [-0.05, 0) is 19.1 Å². The molecule has 0 aliphatic rings. The third-order valence-electron chi connectivity index (χ3n) is 2.68. The summed E-state index contributed by atoms with van der Waals surface area (Å²) in [7, 11) is 1.26. The van der Waals surface area contributed by atoms with Crippen LogP contribution in [-0.2, 0) is 4.74 Å². The molecule has 0 saturated heterocycles. The van der Waals surface area contributed by atoms with Gasteiger partial charge in [-0.1, -0.05) is 0 Å². The van der Waals surface area contributed by atoms with Crippen molar-refractivity contribution in [1.29, 1.82) is 0 Å². The van der Waals surface area contributed by atoms with Gasteiger partial charge in [-0.25, -0.2) is 9.78 Å². The summed E-state index contributed by atoms with van der Waals surface area (Å²) in [5.41, 5.74) is 0.424. The Morgan fingerprint density at radius 2 is 2.21 bits per heavy atom. The van der Waals surface area contributed by atoms with E-state index >= 15 is 0 Å². The summed E-state index contributed by atoms with van der Waals surface area (Å²) < 4.78 is 6.15. The maximum atomic E-state index is 11.5. The number of aromatic nitrogens is 2. The van der Waals surface area contributed by atoms with Crippen LogP contribution in [0.1, 0.15) is 16.2 Å². The fraction of sp³-hybridized carbons (Fsp3) is 0.167. The highest BCUT2D eigenvalue weighted by Crippen LogP contribution is 2.25. The zero-order valence-corrected chi connectivity index (χ0v) is 10.4. The zero-order chi connectivity index (χ0) is 14.0. The van der Waals surface area contributed by atoms with Crippen LogP contribution in [0.5, 0.6) is 0 Å². The summed E-state index contributed by atoms with van der Waals surface area (Å²) >= 11 is 0. The lowest BCUT2D eigenvalue weighted by Crippen LogP contribution is -2.06. The van der Waals surface area contributed by atoms with Gasteiger partial charge in [0.05, 0.1) is 17.6 Å². The molecular formula is C12H11N3O4. The minimum atomic E-state index is -0.547. The van der Waals surface area contributed by atoms with Crippen molar-refractivity contribution in [2.24, 2.45) is 0 Å². The number of methoxy groups -OCH3 is 1. The van der Waals surface area contributed by atoms with Crippen molar-refractivity contribution in [2.75, 3.05) is 7.11 Å². The van der Waals surface area contributed by atoms with E-state index in [9.17, 15) is 14.9 Å². The predicted molar refractivity (Wildman–Crippen MR) is 66.3 cm³/mol. The van der Waals surface area contributed by atoms with E-state index in [1.165, 1.54) is 31.5 Å². The van der Waals surface area contributed by atoms with Gasteiger partial charge in [0.1, 0.15) is 11.5 Å². The highest BCUT2D eigenvalue weighted by atomic mass is 16.6. The Kier molecular flexibility index (Phi) is 3.28. The fourth-order valence-corrected chi connectivity index (χ4v) is 1.75. The van der Waals surface area contributed by atoms with Gasteiger partial charge in [0.25, 0.3) is 5.69 Å². The molecule has 0 unspecified atom stereocenters. The van der Waals surface area contributed by atoms with E-state index in [1.807, 2.05) is 0 Å². The van der Waals surface area contributed by atoms with Crippen LogP contribution in [0.4, 0.5) is 5.69 Å². The number of carbonyl (C=O) groups excluding carboxylic acids is 1. The van der Waals surface area contributed by atoms with Gasteiger partial charge in [0.2, 0.25) is 0 Å². The lowest BCUT2D eigenvalue weighted by Gasteiger charge is -2.07. The second-order valence-electron chi connectivity index (χ2n) is 3.80. The van der Waals surface area contributed by atoms with Crippen molar-refractivity contribution in [3.8, 4) is 5.69 Å². The highest BCUT2D eigenvalue weighted by molar-refractivity contribution is 5.90. The van der Waals surface area contributed by atoms with Crippen LogP contribution in [-0.4, -0.2) is 27.6 Å². The topological polar surface area (TPSA) is 87.3 Å². The largest absolute Gasteiger partial charge is 0.465 e. The molecular weight excluding hydrogens is 250 g/mol. The van der Waals surface area contributed by atoms with Crippen molar-refractivity contribution in [1.82, 2.24) is 9.55 Å². The van der Waals surface area contributed by atoms with E-state index < -0.39 is 10.9 Å². The molecule has 0 atom stereocenters. The second-order valence-corrected chi connectivity index (χ2v) is 3.80. The van der Waals surface area contributed by atoms with Gasteiger partial charge < -0.3 is 4.74 Å². The number of nitrogens with zero attached hydrogens (tertiary/aromatic N) is 3. The Labute approximate surface area is 108 Å². The van der Waals surface area contributed by atoms with E-state index in [1.54, 1.807) is 17.7 Å². The Balaban J connectivity index is 2.64. The van der Waals surface area contributed by atoms with Gasteiger partial charge in [0, 0.05) is 18.5 Å². The Bertz CT molecular complexity index is 648. The number of nitro groups is 1. The minimum Gasteiger partial charge on any atom is -0.465 e. The van der Waals surface area contributed by atoms with Gasteiger partial charge in [0.15, 0.2) is 0 Å². The molecule has 19 heavy (non-hydrogen) atoms. The summed E-state index contributed by atoms with van der Waals surface area (Å²) in [4.78, 5) is 26.0. The van der Waals surface area contributed by atoms with Crippen LogP contribution in [0, 0.1) is 17.0 Å². The minimum absolute atomic E-state index is 0.103. The molecule has 7 nitrogen and oxygen atoms in total. The quantitative estimate of drug-likeness (QED) is 0.478. The normalized spacial score (nSPS) is 10.2. The molecule has 2 aromatic rings. The first kappa shape index (κ1) is 12.7. The molecule has 0 aliphatic carbocycles. The first-order valence-electron chi connectivity index (χ1n) is 5.41. The molecule has 0 saturated carbocycles. The van der Waals surface area contributed by atoms with Crippen LogP contribution in [0.3, 0.4) is 0 Å². The van der Waals surface area contributed by atoms with Crippen molar-refractivity contribution in [3.05, 3.63) is 52.1 Å². The predicted octanol–water partition coefficient (Wildman–Crippen LogP) is 1.88. The number of carbonyl (C=O) groups is 1. The molecule has 7 heteroatoms. The standard InChI is InChI=1S/C12H11N3O4/c1-8-13-5-6-14(8)11-7-9(12(16)19-2)3-4-10(11)15(17)18/h3-7H,1-2H3. The monoisotopic (exact) mass is 261 g/mol.